The Morgan fingerprint density at radius 1 is 1.07 bits per heavy atom. The lowest BCUT2D eigenvalue weighted by molar-refractivity contribution is 0.391. The first-order valence-corrected chi connectivity index (χ1v) is 11.2. The third-order valence-electron chi connectivity index (χ3n) is 4.72. The van der Waals surface area contributed by atoms with Gasteiger partial charge in [0.1, 0.15) is 0 Å². The van der Waals surface area contributed by atoms with Gasteiger partial charge < -0.3 is 4.52 Å². The summed E-state index contributed by atoms with van der Waals surface area (Å²) in [6.07, 6.45) is 3.08. The lowest BCUT2D eigenvalue weighted by Crippen LogP contribution is -2.23. The number of benzene rings is 2. The summed E-state index contributed by atoms with van der Waals surface area (Å²) in [5.41, 5.74) is 1.40. The second kappa shape index (κ2) is 9.45. The molecule has 154 valence electrons. The molecule has 0 saturated heterocycles. The first-order valence-electron chi connectivity index (χ1n) is 9.87. The predicted octanol–water partition coefficient (Wildman–Crippen LogP) is 5.58. The van der Waals surface area contributed by atoms with E-state index in [1.54, 1.807) is 10.6 Å². The molecule has 6 nitrogen and oxygen atoms in total. The van der Waals surface area contributed by atoms with Crippen molar-refractivity contribution >= 4 is 34.3 Å². The summed E-state index contributed by atoms with van der Waals surface area (Å²) in [4.78, 5) is 22.2. The van der Waals surface area contributed by atoms with Crippen LogP contribution >= 0.6 is 23.4 Å². The van der Waals surface area contributed by atoms with Gasteiger partial charge >= 0.3 is 0 Å². The Morgan fingerprint density at radius 2 is 1.87 bits per heavy atom. The van der Waals surface area contributed by atoms with Crippen molar-refractivity contribution in [1.29, 1.82) is 0 Å². The van der Waals surface area contributed by atoms with Crippen LogP contribution in [0.15, 0.2) is 63.0 Å². The van der Waals surface area contributed by atoms with E-state index in [9.17, 15) is 4.79 Å². The highest BCUT2D eigenvalue weighted by Crippen LogP contribution is 2.27. The number of hydrogen-bond acceptors (Lipinski definition) is 6. The van der Waals surface area contributed by atoms with Gasteiger partial charge in [-0.15, -0.1) is 0 Å². The Hall–Kier alpha value is -2.64. The molecule has 4 rings (SSSR count). The minimum absolute atomic E-state index is 0.0125. The zero-order valence-electron chi connectivity index (χ0n) is 16.5. The molecule has 0 radical (unpaired) electrons. The lowest BCUT2D eigenvalue weighted by Gasteiger charge is -2.12. The largest absolute Gasteiger partial charge is 0.338 e. The standard InChI is InChI=1S/C22H21ClN4O2S/c1-2-3-8-13-27-21(28)16-10-5-7-12-18(16)24-22(27)30-14-19-25-20(26-29-19)15-9-4-6-11-17(15)23/h4-7,9-12H,2-3,8,13-14H2,1H3. The number of halogens is 1. The first-order chi connectivity index (χ1) is 14.7. The number of hydrogen-bond donors (Lipinski definition) is 0. The smallest absolute Gasteiger partial charge is 0.262 e. The van der Waals surface area contributed by atoms with E-state index in [2.05, 4.69) is 17.1 Å². The molecule has 0 unspecified atom stereocenters. The fraction of sp³-hybridized carbons (Fsp3) is 0.273. The molecular formula is C22H21ClN4O2S. The van der Waals surface area contributed by atoms with Gasteiger partial charge in [0, 0.05) is 12.1 Å². The molecule has 0 saturated carbocycles. The third kappa shape index (κ3) is 4.42. The maximum atomic E-state index is 13.0. The summed E-state index contributed by atoms with van der Waals surface area (Å²) < 4.78 is 7.15. The Balaban J connectivity index is 1.60. The molecule has 0 bridgehead atoms. The van der Waals surface area contributed by atoms with Gasteiger partial charge in [-0.2, -0.15) is 4.98 Å². The van der Waals surface area contributed by atoms with Crippen LogP contribution < -0.4 is 5.56 Å². The number of unbranched alkanes of at least 4 members (excludes halogenated alkanes) is 2. The fourth-order valence-electron chi connectivity index (χ4n) is 3.17. The van der Waals surface area contributed by atoms with Gasteiger partial charge in [-0.25, -0.2) is 4.98 Å². The van der Waals surface area contributed by atoms with Crippen LogP contribution in [0.4, 0.5) is 0 Å². The third-order valence-corrected chi connectivity index (χ3v) is 6.01. The highest BCUT2D eigenvalue weighted by molar-refractivity contribution is 7.98. The SMILES string of the molecule is CCCCCn1c(SCc2nc(-c3ccccc3Cl)no2)nc2ccccc2c1=O. The monoisotopic (exact) mass is 440 g/mol. The Morgan fingerprint density at radius 3 is 2.70 bits per heavy atom. The van der Waals surface area contributed by atoms with Crippen LogP contribution in [0.5, 0.6) is 0 Å². The normalized spacial score (nSPS) is 11.3. The molecule has 2 aromatic carbocycles. The average molecular weight is 441 g/mol. The maximum Gasteiger partial charge on any atom is 0.262 e. The molecule has 0 aliphatic carbocycles. The topological polar surface area (TPSA) is 73.8 Å². The van der Waals surface area contributed by atoms with Gasteiger partial charge in [-0.3, -0.25) is 9.36 Å². The molecule has 30 heavy (non-hydrogen) atoms. The van der Waals surface area contributed by atoms with E-state index in [1.165, 1.54) is 11.8 Å². The maximum absolute atomic E-state index is 13.0. The van der Waals surface area contributed by atoms with Crippen molar-refractivity contribution < 1.29 is 4.52 Å². The van der Waals surface area contributed by atoms with Crippen molar-refractivity contribution in [3.8, 4) is 11.4 Å². The molecule has 2 aromatic heterocycles. The summed E-state index contributed by atoms with van der Waals surface area (Å²) in [6.45, 7) is 2.78. The van der Waals surface area contributed by atoms with Crippen LogP contribution in [0.2, 0.25) is 5.02 Å². The van der Waals surface area contributed by atoms with Crippen LogP contribution in [0, 0.1) is 0 Å². The van der Waals surface area contributed by atoms with E-state index < -0.39 is 0 Å². The quantitative estimate of drug-likeness (QED) is 0.202. The highest BCUT2D eigenvalue weighted by Gasteiger charge is 2.15. The minimum atomic E-state index is -0.0125. The van der Waals surface area contributed by atoms with E-state index in [4.69, 9.17) is 21.1 Å². The zero-order chi connectivity index (χ0) is 20.9. The summed E-state index contributed by atoms with van der Waals surface area (Å²) in [7, 11) is 0. The van der Waals surface area contributed by atoms with Crippen LogP contribution in [-0.2, 0) is 12.3 Å². The summed E-state index contributed by atoms with van der Waals surface area (Å²) in [5, 5.41) is 5.90. The van der Waals surface area contributed by atoms with E-state index >= 15 is 0 Å². The molecule has 0 N–H and O–H groups in total. The predicted molar refractivity (Wildman–Crippen MR) is 120 cm³/mol. The van der Waals surface area contributed by atoms with Crippen LogP contribution in [0.1, 0.15) is 32.1 Å². The highest BCUT2D eigenvalue weighted by atomic mass is 35.5. The van der Waals surface area contributed by atoms with Crippen LogP contribution in [-0.4, -0.2) is 19.7 Å². The van der Waals surface area contributed by atoms with Gasteiger partial charge in [-0.05, 0) is 30.7 Å². The Labute approximate surface area is 183 Å². The van der Waals surface area contributed by atoms with E-state index in [0.29, 0.717) is 45.1 Å². The number of rotatable bonds is 8. The number of thioether (sulfide) groups is 1. The molecule has 8 heteroatoms. The van der Waals surface area contributed by atoms with E-state index in [1.807, 2.05) is 42.5 Å². The van der Waals surface area contributed by atoms with Gasteiger partial charge in [0.25, 0.3) is 5.56 Å². The Bertz CT molecular complexity index is 1220. The molecule has 0 spiro atoms. The van der Waals surface area contributed by atoms with Gasteiger partial charge in [0.05, 0.1) is 21.7 Å². The number of nitrogens with zero attached hydrogens (tertiary/aromatic N) is 4. The lowest BCUT2D eigenvalue weighted by atomic mass is 10.2. The molecule has 0 fully saturated rings. The van der Waals surface area contributed by atoms with Crippen molar-refractivity contribution in [3.63, 3.8) is 0 Å². The van der Waals surface area contributed by atoms with E-state index in [-0.39, 0.29) is 5.56 Å². The van der Waals surface area contributed by atoms with Crippen molar-refractivity contribution in [2.24, 2.45) is 0 Å². The molecule has 0 aliphatic rings. The second-order valence-electron chi connectivity index (χ2n) is 6.86. The number of para-hydroxylation sites is 1. The molecule has 0 amide bonds. The molecule has 0 aliphatic heterocycles. The van der Waals surface area contributed by atoms with Crippen molar-refractivity contribution in [2.75, 3.05) is 0 Å². The van der Waals surface area contributed by atoms with Crippen molar-refractivity contribution in [2.45, 2.75) is 43.6 Å². The Kier molecular flexibility index (Phi) is 6.50. The number of aromatic nitrogens is 4. The molecule has 0 atom stereocenters. The second-order valence-corrected chi connectivity index (χ2v) is 8.21. The molecule has 4 aromatic rings. The van der Waals surface area contributed by atoms with Gasteiger partial charge in [0.15, 0.2) is 5.16 Å². The summed E-state index contributed by atoms with van der Waals surface area (Å²) in [6, 6.07) is 14.8. The van der Waals surface area contributed by atoms with Crippen LogP contribution in [0.25, 0.3) is 22.3 Å². The summed E-state index contributed by atoms with van der Waals surface area (Å²) >= 11 is 7.64. The summed E-state index contributed by atoms with van der Waals surface area (Å²) in [5.74, 6) is 1.32. The zero-order valence-corrected chi connectivity index (χ0v) is 18.1. The van der Waals surface area contributed by atoms with Gasteiger partial charge in [0.2, 0.25) is 11.7 Å². The van der Waals surface area contributed by atoms with Gasteiger partial charge in [-0.1, -0.05) is 72.6 Å². The minimum Gasteiger partial charge on any atom is -0.338 e. The van der Waals surface area contributed by atoms with E-state index in [0.717, 1.165) is 24.8 Å². The molecule has 2 heterocycles. The van der Waals surface area contributed by atoms with Crippen molar-refractivity contribution in [1.82, 2.24) is 19.7 Å². The first kappa shape index (κ1) is 20.6. The molecular weight excluding hydrogens is 420 g/mol. The van der Waals surface area contributed by atoms with Crippen LogP contribution in [0.3, 0.4) is 0 Å². The average Bonchev–Trinajstić information content (AvgIpc) is 3.23. The fourth-order valence-corrected chi connectivity index (χ4v) is 4.25. The number of fused-ring (bicyclic) bond motifs is 1. The van der Waals surface area contributed by atoms with Crippen molar-refractivity contribution in [3.05, 3.63) is 69.8 Å².